The van der Waals surface area contributed by atoms with Crippen LogP contribution in [0.4, 0.5) is 11.8 Å². The molecule has 6 nitrogen and oxygen atoms in total. The molecular formula is C21H31N5O. The molecule has 1 atom stereocenters. The number of fused-ring (bicyclic) bond motifs is 1. The summed E-state index contributed by atoms with van der Waals surface area (Å²) in [6.07, 6.45) is 7.53. The maximum absolute atomic E-state index is 5.71. The molecule has 0 amide bonds. The van der Waals surface area contributed by atoms with Crippen LogP contribution in [0.15, 0.2) is 24.3 Å². The van der Waals surface area contributed by atoms with Gasteiger partial charge in [0.25, 0.3) is 0 Å². The molecule has 4 rings (SSSR count). The van der Waals surface area contributed by atoms with Crippen molar-refractivity contribution in [2.24, 2.45) is 0 Å². The second-order valence-electron chi connectivity index (χ2n) is 8.02. The van der Waals surface area contributed by atoms with Gasteiger partial charge >= 0.3 is 0 Å². The Morgan fingerprint density at radius 3 is 2.56 bits per heavy atom. The van der Waals surface area contributed by atoms with Crippen LogP contribution in [0, 0.1) is 0 Å². The molecule has 1 aliphatic heterocycles. The smallest absolute Gasteiger partial charge is 0.225 e. The van der Waals surface area contributed by atoms with Crippen molar-refractivity contribution in [3.8, 4) is 0 Å². The van der Waals surface area contributed by atoms with Crippen LogP contribution in [0.1, 0.15) is 38.5 Å². The predicted octanol–water partition coefficient (Wildman–Crippen LogP) is 3.19. The Kier molecular flexibility index (Phi) is 5.74. The fourth-order valence-corrected chi connectivity index (χ4v) is 4.19. The number of rotatable bonds is 6. The van der Waals surface area contributed by atoms with Gasteiger partial charge in [0.15, 0.2) is 0 Å². The van der Waals surface area contributed by atoms with E-state index < -0.39 is 0 Å². The highest BCUT2D eigenvalue weighted by Gasteiger charge is 2.23. The Hall–Kier alpha value is -1.92. The molecule has 0 bridgehead atoms. The number of hydrogen-bond acceptors (Lipinski definition) is 6. The summed E-state index contributed by atoms with van der Waals surface area (Å²) in [5.74, 6) is 1.71. The quantitative estimate of drug-likeness (QED) is 0.815. The van der Waals surface area contributed by atoms with Gasteiger partial charge < -0.3 is 20.3 Å². The van der Waals surface area contributed by atoms with Crippen LogP contribution in [0.25, 0.3) is 10.9 Å². The predicted molar refractivity (Wildman–Crippen MR) is 111 cm³/mol. The summed E-state index contributed by atoms with van der Waals surface area (Å²) in [7, 11) is 4.06. The molecule has 2 aromatic rings. The highest BCUT2D eigenvalue weighted by Crippen LogP contribution is 2.26. The molecule has 2 N–H and O–H groups in total. The average molecular weight is 370 g/mol. The molecule has 1 saturated heterocycles. The molecule has 2 heterocycles. The molecule has 1 unspecified atom stereocenters. The van der Waals surface area contributed by atoms with Gasteiger partial charge in [-0.3, -0.25) is 0 Å². The molecule has 0 spiro atoms. The van der Waals surface area contributed by atoms with Crippen molar-refractivity contribution in [1.82, 2.24) is 15.3 Å². The van der Waals surface area contributed by atoms with Crippen molar-refractivity contribution in [3.05, 3.63) is 24.3 Å². The van der Waals surface area contributed by atoms with Gasteiger partial charge in [-0.15, -0.1) is 0 Å². The molecule has 1 aromatic carbocycles. The maximum atomic E-state index is 5.71. The molecule has 1 aliphatic carbocycles. The molecule has 27 heavy (non-hydrogen) atoms. The zero-order valence-electron chi connectivity index (χ0n) is 16.4. The van der Waals surface area contributed by atoms with E-state index in [1.807, 2.05) is 26.2 Å². The summed E-state index contributed by atoms with van der Waals surface area (Å²) in [4.78, 5) is 11.6. The number of aromatic nitrogens is 2. The molecular weight excluding hydrogens is 338 g/mol. The van der Waals surface area contributed by atoms with E-state index >= 15 is 0 Å². The lowest BCUT2D eigenvalue weighted by atomic mass is 9.91. The topological polar surface area (TPSA) is 62.3 Å². The number of nitrogens with one attached hydrogen (secondary N) is 2. The van der Waals surface area contributed by atoms with E-state index in [1.165, 1.54) is 25.7 Å². The van der Waals surface area contributed by atoms with Gasteiger partial charge in [0, 0.05) is 44.7 Å². The monoisotopic (exact) mass is 369 g/mol. The van der Waals surface area contributed by atoms with Crippen LogP contribution in [0.2, 0.25) is 0 Å². The highest BCUT2D eigenvalue weighted by atomic mass is 16.5. The molecule has 1 aromatic heterocycles. The molecule has 1 saturated carbocycles. The minimum Gasteiger partial charge on any atom is -0.377 e. The van der Waals surface area contributed by atoms with Gasteiger partial charge in [-0.05, 0) is 50.7 Å². The van der Waals surface area contributed by atoms with Gasteiger partial charge in [0.2, 0.25) is 5.95 Å². The van der Waals surface area contributed by atoms with E-state index in [0.29, 0.717) is 18.2 Å². The van der Waals surface area contributed by atoms with E-state index in [2.05, 4.69) is 27.7 Å². The van der Waals surface area contributed by atoms with Crippen molar-refractivity contribution < 1.29 is 4.74 Å². The van der Waals surface area contributed by atoms with Crippen molar-refractivity contribution >= 4 is 22.7 Å². The standard InChI is InChI=1S/C21H31N5O/c1-26(2)20-18-7-3-4-8-19(18)24-21(25-20)23-16-11-9-15(10-12-16)22-14-17-6-5-13-27-17/h3-4,7-8,15-17,22H,5-6,9-14H2,1-2H3,(H,23,24,25). The summed E-state index contributed by atoms with van der Waals surface area (Å²) in [5, 5.41) is 8.38. The Morgan fingerprint density at radius 2 is 1.81 bits per heavy atom. The van der Waals surface area contributed by atoms with Crippen LogP contribution in [-0.2, 0) is 4.74 Å². The number of nitrogens with zero attached hydrogens (tertiary/aromatic N) is 3. The van der Waals surface area contributed by atoms with Crippen molar-refractivity contribution in [2.45, 2.75) is 56.7 Å². The van der Waals surface area contributed by atoms with E-state index in [-0.39, 0.29) is 0 Å². The minimum absolute atomic E-state index is 0.427. The minimum atomic E-state index is 0.427. The first-order valence-electron chi connectivity index (χ1n) is 10.2. The van der Waals surface area contributed by atoms with Crippen molar-refractivity contribution in [2.75, 3.05) is 37.5 Å². The summed E-state index contributed by atoms with van der Waals surface area (Å²) in [6.45, 7) is 1.94. The molecule has 146 valence electrons. The Morgan fingerprint density at radius 1 is 1.04 bits per heavy atom. The zero-order valence-corrected chi connectivity index (χ0v) is 16.4. The van der Waals surface area contributed by atoms with Crippen LogP contribution in [0.5, 0.6) is 0 Å². The van der Waals surface area contributed by atoms with E-state index in [9.17, 15) is 0 Å². The van der Waals surface area contributed by atoms with Crippen molar-refractivity contribution in [1.29, 1.82) is 0 Å². The second kappa shape index (κ2) is 8.40. The number of ether oxygens (including phenoxy) is 1. The third-order valence-electron chi connectivity index (χ3n) is 5.73. The van der Waals surface area contributed by atoms with E-state index in [0.717, 1.165) is 48.7 Å². The normalized spacial score (nSPS) is 25.6. The lowest BCUT2D eigenvalue weighted by molar-refractivity contribution is 0.105. The average Bonchev–Trinajstić information content (AvgIpc) is 3.20. The molecule has 2 aliphatic rings. The van der Waals surface area contributed by atoms with Crippen LogP contribution in [-0.4, -0.2) is 55.4 Å². The first-order chi connectivity index (χ1) is 13.2. The summed E-state index contributed by atoms with van der Waals surface area (Å²) < 4.78 is 5.71. The SMILES string of the molecule is CN(C)c1nc(NC2CCC(NCC3CCCO3)CC2)nc2ccccc12. The van der Waals surface area contributed by atoms with Crippen LogP contribution >= 0.6 is 0 Å². The third-order valence-corrected chi connectivity index (χ3v) is 5.73. The van der Waals surface area contributed by atoms with Gasteiger partial charge in [0.05, 0.1) is 11.6 Å². The lowest BCUT2D eigenvalue weighted by Crippen LogP contribution is -2.40. The van der Waals surface area contributed by atoms with E-state index in [1.54, 1.807) is 0 Å². The number of anilines is 2. The Bertz CT molecular complexity index is 751. The van der Waals surface area contributed by atoms with Gasteiger partial charge in [0.1, 0.15) is 5.82 Å². The molecule has 2 fully saturated rings. The molecule has 6 heteroatoms. The second-order valence-corrected chi connectivity index (χ2v) is 8.02. The van der Waals surface area contributed by atoms with Crippen LogP contribution < -0.4 is 15.5 Å². The molecule has 0 radical (unpaired) electrons. The first kappa shape index (κ1) is 18.4. The van der Waals surface area contributed by atoms with Crippen molar-refractivity contribution in [3.63, 3.8) is 0 Å². The van der Waals surface area contributed by atoms with Gasteiger partial charge in [-0.25, -0.2) is 4.98 Å². The Balaban J connectivity index is 1.34. The first-order valence-corrected chi connectivity index (χ1v) is 10.2. The van der Waals surface area contributed by atoms with Gasteiger partial charge in [-0.2, -0.15) is 4.98 Å². The summed E-state index contributed by atoms with van der Waals surface area (Å²) >= 11 is 0. The van der Waals surface area contributed by atoms with E-state index in [4.69, 9.17) is 14.7 Å². The number of benzene rings is 1. The van der Waals surface area contributed by atoms with Crippen LogP contribution in [0.3, 0.4) is 0 Å². The summed E-state index contributed by atoms with van der Waals surface area (Å²) in [6, 6.07) is 9.27. The largest absolute Gasteiger partial charge is 0.377 e. The summed E-state index contributed by atoms with van der Waals surface area (Å²) in [5.41, 5.74) is 0.991. The lowest BCUT2D eigenvalue weighted by Gasteiger charge is -2.30. The number of para-hydroxylation sites is 1. The fraction of sp³-hybridized carbons (Fsp3) is 0.619. The fourth-order valence-electron chi connectivity index (χ4n) is 4.19. The third kappa shape index (κ3) is 4.50. The highest BCUT2D eigenvalue weighted by molar-refractivity contribution is 5.90. The zero-order chi connectivity index (χ0) is 18.6. The maximum Gasteiger partial charge on any atom is 0.225 e. The number of hydrogen-bond donors (Lipinski definition) is 2. The van der Waals surface area contributed by atoms with Gasteiger partial charge in [-0.1, -0.05) is 12.1 Å². The Labute approximate surface area is 161 Å².